The zero-order chi connectivity index (χ0) is 12.1. The fraction of sp³-hybridized carbons (Fsp3) is 0.917. The van der Waals surface area contributed by atoms with Crippen LogP contribution in [0.15, 0.2) is 0 Å². The molecule has 2 aliphatic rings. The lowest BCUT2D eigenvalue weighted by atomic mass is 10.0. The van der Waals surface area contributed by atoms with Crippen molar-refractivity contribution in [1.82, 2.24) is 4.90 Å². The van der Waals surface area contributed by atoms with E-state index in [1.165, 1.54) is 6.42 Å². The molecule has 2 aliphatic heterocycles. The van der Waals surface area contributed by atoms with Crippen molar-refractivity contribution in [2.24, 2.45) is 5.92 Å². The van der Waals surface area contributed by atoms with Crippen molar-refractivity contribution in [3.63, 3.8) is 0 Å². The first-order chi connectivity index (χ1) is 8.24. The van der Waals surface area contributed by atoms with Gasteiger partial charge < -0.3 is 19.5 Å². The zero-order valence-electron chi connectivity index (χ0n) is 10.1. The molecule has 0 spiro atoms. The van der Waals surface area contributed by atoms with Crippen molar-refractivity contribution in [3.05, 3.63) is 0 Å². The average Bonchev–Trinajstić information content (AvgIpc) is 2.81. The smallest absolute Gasteiger partial charge is 0.329 e. The molecule has 0 aromatic carbocycles. The zero-order valence-corrected chi connectivity index (χ0v) is 10.1. The molecule has 0 saturated carbocycles. The highest BCUT2D eigenvalue weighted by molar-refractivity contribution is 5.68. The molecular weight excluding hydrogens is 222 g/mol. The molecule has 2 saturated heterocycles. The molecule has 2 rings (SSSR count). The summed E-state index contributed by atoms with van der Waals surface area (Å²) in [5, 5.41) is 8.54. The van der Waals surface area contributed by atoms with Crippen molar-refractivity contribution in [3.8, 4) is 0 Å². The topological polar surface area (TPSA) is 59.0 Å². The molecule has 0 aliphatic carbocycles. The van der Waals surface area contributed by atoms with Gasteiger partial charge in [-0.1, -0.05) is 0 Å². The number of likely N-dealkylation sites (tertiary alicyclic amines) is 1. The largest absolute Gasteiger partial charge is 0.480 e. The minimum absolute atomic E-state index is 0.127. The number of hydrogen-bond acceptors (Lipinski definition) is 4. The number of rotatable bonds is 5. The lowest BCUT2D eigenvalue weighted by Crippen LogP contribution is -2.40. The fourth-order valence-corrected chi connectivity index (χ4v) is 2.54. The molecule has 0 aromatic rings. The van der Waals surface area contributed by atoms with E-state index in [2.05, 4.69) is 4.90 Å². The summed E-state index contributed by atoms with van der Waals surface area (Å²) in [6, 6.07) is 0. The van der Waals surface area contributed by atoms with Crippen LogP contribution in [0.4, 0.5) is 0 Å². The quantitative estimate of drug-likeness (QED) is 0.765. The molecule has 1 unspecified atom stereocenters. The van der Waals surface area contributed by atoms with Crippen LogP contribution in [0.3, 0.4) is 0 Å². The first kappa shape index (κ1) is 12.8. The van der Waals surface area contributed by atoms with Crippen LogP contribution in [-0.4, -0.2) is 61.5 Å². The number of hydrogen-bond donors (Lipinski definition) is 1. The number of carboxylic acids is 1. The van der Waals surface area contributed by atoms with Crippen molar-refractivity contribution >= 4 is 5.97 Å². The normalized spacial score (nSPS) is 27.4. The summed E-state index contributed by atoms with van der Waals surface area (Å²) in [4.78, 5) is 12.8. The summed E-state index contributed by atoms with van der Waals surface area (Å²) in [5.41, 5.74) is 0. The van der Waals surface area contributed by atoms with Gasteiger partial charge in [0.2, 0.25) is 0 Å². The Morgan fingerprint density at radius 1 is 1.35 bits per heavy atom. The molecule has 17 heavy (non-hydrogen) atoms. The highest BCUT2D eigenvalue weighted by atomic mass is 16.5. The number of nitrogens with zero attached hydrogens (tertiary/aromatic N) is 1. The van der Waals surface area contributed by atoms with Gasteiger partial charge in [0, 0.05) is 26.2 Å². The molecule has 2 fully saturated rings. The maximum absolute atomic E-state index is 10.4. The SMILES string of the molecule is O=C(O)COC1CCN(CC2CCOC2)CC1. The standard InChI is InChI=1S/C12H21NO4/c14-12(15)9-17-11-1-4-13(5-2-11)7-10-3-6-16-8-10/h10-11H,1-9H2,(H,14,15). The summed E-state index contributed by atoms with van der Waals surface area (Å²) in [7, 11) is 0. The molecule has 5 nitrogen and oxygen atoms in total. The Labute approximate surface area is 102 Å². The second kappa shape index (κ2) is 6.33. The van der Waals surface area contributed by atoms with E-state index >= 15 is 0 Å². The van der Waals surface area contributed by atoms with Gasteiger partial charge in [0.15, 0.2) is 0 Å². The Bertz CT molecular complexity index is 245. The molecule has 1 atom stereocenters. The van der Waals surface area contributed by atoms with Gasteiger partial charge in [-0.3, -0.25) is 0 Å². The Hall–Kier alpha value is -0.650. The van der Waals surface area contributed by atoms with Crippen LogP contribution in [0.5, 0.6) is 0 Å². The third kappa shape index (κ3) is 4.26. The van der Waals surface area contributed by atoms with Gasteiger partial charge >= 0.3 is 5.97 Å². The van der Waals surface area contributed by atoms with E-state index < -0.39 is 5.97 Å². The number of ether oxygens (including phenoxy) is 2. The number of piperidine rings is 1. The summed E-state index contributed by atoms with van der Waals surface area (Å²) in [5.74, 6) is -0.193. The van der Waals surface area contributed by atoms with E-state index in [1.54, 1.807) is 0 Å². The minimum atomic E-state index is -0.879. The summed E-state index contributed by atoms with van der Waals surface area (Å²) in [6.07, 6.45) is 3.19. The molecule has 0 amide bonds. The van der Waals surface area contributed by atoms with Crippen LogP contribution >= 0.6 is 0 Å². The van der Waals surface area contributed by atoms with E-state index in [4.69, 9.17) is 14.6 Å². The maximum Gasteiger partial charge on any atom is 0.329 e. The van der Waals surface area contributed by atoms with Gasteiger partial charge in [-0.15, -0.1) is 0 Å². The van der Waals surface area contributed by atoms with Crippen LogP contribution in [-0.2, 0) is 14.3 Å². The number of aliphatic carboxylic acids is 1. The van der Waals surface area contributed by atoms with Crippen LogP contribution < -0.4 is 0 Å². The molecule has 1 N–H and O–H groups in total. The maximum atomic E-state index is 10.4. The van der Waals surface area contributed by atoms with Gasteiger partial charge in [-0.2, -0.15) is 0 Å². The van der Waals surface area contributed by atoms with E-state index in [9.17, 15) is 4.79 Å². The molecule has 98 valence electrons. The summed E-state index contributed by atoms with van der Waals surface area (Å²) in [6.45, 7) is 4.78. The van der Waals surface area contributed by atoms with Crippen molar-refractivity contribution < 1.29 is 19.4 Å². The third-order valence-electron chi connectivity index (χ3n) is 3.52. The molecule has 2 heterocycles. The Kier molecular flexibility index (Phi) is 4.76. The summed E-state index contributed by atoms with van der Waals surface area (Å²) >= 11 is 0. The first-order valence-electron chi connectivity index (χ1n) is 6.37. The Morgan fingerprint density at radius 2 is 2.12 bits per heavy atom. The van der Waals surface area contributed by atoms with E-state index in [0.29, 0.717) is 5.92 Å². The molecular formula is C12H21NO4. The second-order valence-electron chi connectivity index (χ2n) is 4.93. The fourth-order valence-electron chi connectivity index (χ4n) is 2.54. The number of carboxylic acid groups (broad SMARTS) is 1. The van der Waals surface area contributed by atoms with Crippen LogP contribution in [0, 0.1) is 5.92 Å². The van der Waals surface area contributed by atoms with Gasteiger partial charge in [-0.25, -0.2) is 4.79 Å². The van der Waals surface area contributed by atoms with Gasteiger partial charge in [0.1, 0.15) is 6.61 Å². The average molecular weight is 243 g/mol. The minimum Gasteiger partial charge on any atom is -0.480 e. The third-order valence-corrected chi connectivity index (χ3v) is 3.52. The number of carbonyl (C=O) groups is 1. The van der Waals surface area contributed by atoms with Crippen molar-refractivity contribution in [1.29, 1.82) is 0 Å². The molecule has 0 bridgehead atoms. The predicted octanol–water partition coefficient (Wildman–Crippen LogP) is 0.588. The van der Waals surface area contributed by atoms with E-state index in [1.807, 2.05) is 0 Å². The van der Waals surface area contributed by atoms with Crippen molar-refractivity contribution in [2.45, 2.75) is 25.4 Å². The predicted molar refractivity (Wildman–Crippen MR) is 62.0 cm³/mol. The van der Waals surface area contributed by atoms with Crippen LogP contribution in [0.25, 0.3) is 0 Å². The highest BCUT2D eigenvalue weighted by Gasteiger charge is 2.24. The van der Waals surface area contributed by atoms with Crippen LogP contribution in [0.2, 0.25) is 0 Å². The van der Waals surface area contributed by atoms with Gasteiger partial charge in [-0.05, 0) is 25.2 Å². The Morgan fingerprint density at radius 3 is 2.71 bits per heavy atom. The highest BCUT2D eigenvalue weighted by Crippen LogP contribution is 2.18. The van der Waals surface area contributed by atoms with E-state index in [-0.39, 0.29) is 12.7 Å². The molecule has 0 radical (unpaired) electrons. The summed E-state index contributed by atoms with van der Waals surface area (Å²) < 4.78 is 10.7. The van der Waals surface area contributed by atoms with Gasteiger partial charge in [0.25, 0.3) is 0 Å². The lowest BCUT2D eigenvalue weighted by molar-refractivity contribution is -0.145. The monoisotopic (exact) mass is 243 g/mol. The van der Waals surface area contributed by atoms with E-state index in [0.717, 1.165) is 45.7 Å². The van der Waals surface area contributed by atoms with Crippen molar-refractivity contribution in [2.75, 3.05) is 39.5 Å². The molecule has 5 heteroatoms. The second-order valence-corrected chi connectivity index (χ2v) is 4.93. The van der Waals surface area contributed by atoms with Gasteiger partial charge in [0.05, 0.1) is 12.7 Å². The van der Waals surface area contributed by atoms with Crippen LogP contribution in [0.1, 0.15) is 19.3 Å². The lowest BCUT2D eigenvalue weighted by Gasteiger charge is -2.32. The molecule has 0 aromatic heterocycles. The Balaban J connectivity index is 1.61. The first-order valence-corrected chi connectivity index (χ1v) is 6.37.